The number of rotatable bonds is 8. The van der Waals surface area contributed by atoms with Crippen molar-refractivity contribution in [3.05, 3.63) is 76.8 Å². The minimum absolute atomic E-state index is 0.0998. The molecule has 0 aliphatic rings. The summed E-state index contributed by atoms with van der Waals surface area (Å²) in [7, 11) is 0. The second-order valence-corrected chi connectivity index (χ2v) is 6.29. The van der Waals surface area contributed by atoms with Gasteiger partial charge < -0.3 is 19.5 Å². The van der Waals surface area contributed by atoms with Gasteiger partial charge in [0, 0.05) is 16.2 Å². The molecule has 7 nitrogen and oxygen atoms in total. The Balaban J connectivity index is 2.23. The summed E-state index contributed by atoms with van der Waals surface area (Å²) in [5, 5.41) is 22.7. The third-order valence-corrected chi connectivity index (χ3v) is 4.60. The van der Waals surface area contributed by atoms with E-state index in [0.717, 1.165) is 28.1 Å². The first-order valence-electron chi connectivity index (χ1n) is 8.93. The number of hydrogen-bond donors (Lipinski definition) is 2. The van der Waals surface area contributed by atoms with Gasteiger partial charge >= 0.3 is 0 Å². The Kier molecular flexibility index (Phi) is 6.47. The zero-order chi connectivity index (χ0) is 19.9. The zero-order valence-electron chi connectivity index (χ0n) is 15.6. The van der Waals surface area contributed by atoms with Crippen LogP contribution < -0.4 is 0 Å². The van der Waals surface area contributed by atoms with Crippen LogP contribution in [-0.4, -0.2) is 34.1 Å². The van der Waals surface area contributed by atoms with Gasteiger partial charge in [0.15, 0.2) is 0 Å². The summed E-state index contributed by atoms with van der Waals surface area (Å²) in [5.74, 6) is 0. The second kappa shape index (κ2) is 9.21. The van der Waals surface area contributed by atoms with Gasteiger partial charge in [0.25, 0.3) is 0 Å². The van der Waals surface area contributed by atoms with Crippen molar-refractivity contribution in [2.75, 3.05) is 13.2 Å². The standard InChI is InChI=1S/C21H22N4O3/c1-15-19(16-8-4-2-5-9-16)20(23-24-22)21(17-10-6-3-7-11-17)25(15)14-28-18(12-26)13-27/h2-11,18,26-27H,12-14H2,1H3. The Hall–Kier alpha value is -3.09. The van der Waals surface area contributed by atoms with Gasteiger partial charge in [-0.1, -0.05) is 65.8 Å². The molecule has 144 valence electrons. The van der Waals surface area contributed by atoms with E-state index in [4.69, 9.17) is 4.74 Å². The first kappa shape index (κ1) is 19.7. The number of hydrogen-bond acceptors (Lipinski definition) is 4. The lowest BCUT2D eigenvalue weighted by Crippen LogP contribution is -2.23. The zero-order valence-corrected chi connectivity index (χ0v) is 15.6. The summed E-state index contributed by atoms with van der Waals surface area (Å²) < 4.78 is 7.58. The van der Waals surface area contributed by atoms with Crippen LogP contribution >= 0.6 is 0 Å². The normalized spacial score (nSPS) is 10.9. The number of ether oxygens (including phenoxy) is 1. The quantitative estimate of drug-likeness (QED) is 0.345. The van der Waals surface area contributed by atoms with Crippen LogP contribution in [0.25, 0.3) is 32.8 Å². The monoisotopic (exact) mass is 378 g/mol. The highest BCUT2D eigenvalue weighted by Crippen LogP contribution is 2.44. The van der Waals surface area contributed by atoms with Crippen LogP contribution in [0, 0.1) is 6.92 Å². The minimum atomic E-state index is -0.687. The molecule has 0 aliphatic carbocycles. The van der Waals surface area contributed by atoms with Crippen LogP contribution in [0.5, 0.6) is 0 Å². The van der Waals surface area contributed by atoms with Gasteiger partial charge in [-0.05, 0) is 23.6 Å². The summed E-state index contributed by atoms with van der Waals surface area (Å²) in [6.07, 6.45) is -0.687. The topological polar surface area (TPSA) is 103 Å². The lowest BCUT2D eigenvalue weighted by Gasteiger charge is -2.17. The highest BCUT2D eigenvalue weighted by atomic mass is 16.5. The summed E-state index contributed by atoms with van der Waals surface area (Å²) >= 11 is 0. The van der Waals surface area contributed by atoms with E-state index in [2.05, 4.69) is 10.0 Å². The second-order valence-electron chi connectivity index (χ2n) is 6.29. The van der Waals surface area contributed by atoms with Crippen LogP contribution in [-0.2, 0) is 11.5 Å². The molecule has 0 saturated heterocycles. The minimum Gasteiger partial charge on any atom is -0.394 e. The molecule has 2 aromatic carbocycles. The van der Waals surface area contributed by atoms with E-state index < -0.39 is 6.10 Å². The predicted octanol–water partition coefficient (Wildman–Crippen LogP) is 4.40. The molecule has 0 amide bonds. The molecule has 1 aromatic heterocycles. The van der Waals surface area contributed by atoms with Crippen molar-refractivity contribution in [1.29, 1.82) is 0 Å². The van der Waals surface area contributed by atoms with E-state index in [1.54, 1.807) is 0 Å². The number of azide groups is 1. The van der Waals surface area contributed by atoms with Gasteiger partial charge in [-0.2, -0.15) is 0 Å². The molecule has 3 aromatic rings. The fourth-order valence-corrected chi connectivity index (χ4v) is 3.21. The Bertz CT molecular complexity index is 960. The predicted molar refractivity (Wildman–Crippen MR) is 108 cm³/mol. The fraction of sp³-hybridized carbons (Fsp3) is 0.238. The third-order valence-electron chi connectivity index (χ3n) is 4.60. The van der Waals surface area contributed by atoms with Gasteiger partial charge in [0.05, 0.1) is 24.6 Å². The average molecular weight is 378 g/mol. The number of nitrogens with zero attached hydrogens (tertiary/aromatic N) is 4. The molecule has 1 heterocycles. The number of aliphatic hydroxyl groups is 2. The van der Waals surface area contributed by atoms with Crippen molar-refractivity contribution in [2.24, 2.45) is 5.11 Å². The molecule has 3 rings (SSSR count). The van der Waals surface area contributed by atoms with E-state index in [1.165, 1.54) is 0 Å². The maximum absolute atomic E-state index is 9.32. The highest BCUT2D eigenvalue weighted by molar-refractivity contribution is 5.90. The highest BCUT2D eigenvalue weighted by Gasteiger charge is 2.22. The summed E-state index contributed by atoms with van der Waals surface area (Å²) in [6, 6.07) is 19.3. The Morgan fingerprint density at radius 1 is 1.00 bits per heavy atom. The van der Waals surface area contributed by atoms with E-state index in [0.29, 0.717) is 5.69 Å². The maximum atomic E-state index is 9.32. The average Bonchev–Trinajstić information content (AvgIpc) is 3.01. The lowest BCUT2D eigenvalue weighted by molar-refractivity contribution is -0.0497. The van der Waals surface area contributed by atoms with Gasteiger partial charge in [-0.3, -0.25) is 0 Å². The van der Waals surface area contributed by atoms with Crippen molar-refractivity contribution < 1.29 is 14.9 Å². The van der Waals surface area contributed by atoms with Gasteiger partial charge in [-0.15, -0.1) is 0 Å². The summed E-state index contributed by atoms with van der Waals surface area (Å²) in [6.45, 7) is 1.46. The van der Waals surface area contributed by atoms with Crippen molar-refractivity contribution in [1.82, 2.24) is 4.57 Å². The molecule has 0 atom stereocenters. The molecule has 0 saturated carbocycles. The van der Waals surface area contributed by atoms with Crippen molar-refractivity contribution in [3.8, 4) is 22.4 Å². The fourth-order valence-electron chi connectivity index (χ4n) is 3.21. The van der Waals surface area contributed by atoms with Crippen LogP contribution in [0.15, 0.2) is 65.8 Å². The summed E-state index contributed by atoms with van der Waals surface area (Å²) in [4.78, 5) is 3.05. The molecule has 0 aliphatic heterocycles. The van der Waals surface area contributed by atoms with Crippen molar-refractivity contribution >= 4 is 5.69 Å². The van der Waals surface area contributed by atoms with Crippen LogP contribution in [0.2, 0.25) is 0 Å². The van der Waals surface area contributed by atoms with E-state index in [1.807, 2.05) is 72.2 Å². The lowest BCUT2D eigenvalue weighted by atomic mass is 10.0. The molecular weight excluding hydrogens is 356 g/mol. The van der Waals surface area contributed by atoms with Gasteiger partial charge in [-0.25, -0.2) is 0 Å². The molecule has 0 fully saturated rings. The van der Waals surface area contributed by atoms with E-state index in [-0.39, 0.29) is 19.9 Å². The number of benzene rings is 2. The third kappa shape index (κ3) is 3.93. The number of aliphatic hydroxyl groups excluding tert-OH is 2. The summed E-state index contributed by atoms with van der Waals surface area (Å²) in [5.41, 5.74) is 13.9. The molecule has 0 radical (unpaired) electrons. The van der Waals surface area contributed by atoms with Crippen LogP contribution in [0.3, 0.4) is 0 Å². The molecule has 2 N–H and O–H groups in total. The molecule has 0 spiro atoms. The first-order valence-corrected chi connectivity index (χ1v) is 8.93. The van der Waals surface area contributed by atoms with Gasteiger partial charge in [0.2, 0.25) is 0 Å². The largest absolute Gasteiger partial charge is 0.394 e. The van der Waals surface area contributed by atoms with Crippen molar-refractivity contribution in [2.45, 2.75) is 19.8 Å². The maximum Gasteiger partial charge on any atom is 0.123 e. The molecular formula is C21H22N4O3. The smallest absolute Gasteiger partial charge is 0.123 e. The van der Waals surface area contributed by atoms with E-state index in [9.17, 15) is 15.7 Å². The first-order chi connectivity index (χ1) is 13.7. The Morgan fingerprint density at radius 3 is 2.11 bits per heavy atom. The molecule has 28 heavy (non-hydrogen) atoms. The molecule has 0 bridgehead atoms. The van der Waals surface area contributed by atoms with Crippen LogP contribution in [0.1, 0.15) is 5.69 Å². The Labute approximate surface area is 163 Å². The number of aromatic nitrogens is 1. The van der Waals surface area contributed by atoms with Crippen molar-refractivity contribution in [3.63, 3.8) is 0 Å². The van der Waals surface area contributed by atoms with Crippen LogP contribution in [0.4, 0.5) is 5.69 Å². The van der Waals surface area contributed by atoms with Gasteiger partial charge in [0.1, 0.15) is 12.8 Å². The Morgan fingerprint density at radius 2 is 1.57 bits per heavy atom. The van der Waals surface area contributed by atoms with E-state index >= 15 is 0 Å². The SMILES string of the molecule is Cc1c(-c2ccccc2)c(N=[N+]=[N-])c(-c2ccccc2)n1COC(CO)CO. The molecule has 7 heteroatoms. The molecule has 0 unspecified atom stereocenters.